The van der Waals surface area contributed by atoms with Crippen LogP contribution < -0.4 is 0 Å². The van der Waals surface area contributed by atoms with E-state index in [9.17, 15) is 20.4 Å². The molecule has 4 nitrogen and oxygen atoms in total. The Bertz CT molecular complexity index is 669. The van der Waals surface area contributed by atoms with E-state index < -0.39 is 0 Å². The fourth-order valence-corrected chi connectivity index (χ4v) is 2.45. The van der Waals surface area contributed by atoms with Gasteiger partial charge in [0.1, 0.15) is 0 Å². The number of hydrogen-bond donors (Lipinski definition) is 4. The van der Waals surface area contributed by atoms with Gasteiger partial charge >= 0.3 is 0 Å². The van der Waals surface area contributed by atoms with Gasteiger partial charge in [-0.2, -0.15) is 0 Å². The molecule has 0 amide bonds. The van der Waals surface area contributed by atoms with Crippen LogP contribution in [0.2, 0.25) is 0 Å². The van der Waals surface area contributed by atoms with Crippen LogP contribution in [0.5, 0.6) is 23.0 Å². The van der Waals surface area contributed by atoms with Gasteiger partial charge < -0.3 is 20.4 Å². The molecule has 0 heterocycles. The summed E-state index contributed by atoms with van der Waals surface area (Å²) in [6, 6.07) is 6.09. The Kier molecular flexibility index (Phi) is 4.41. The first-order valence-corrected chi connectivity index (χ1v) is 6.81. The first kappa shape index (κ1) is 15.5. The third kappa shape index (κ3) is 2.63. The van der Waals surface area contributed by atoms with E-state index >= 15 is 0 Å². The Hall–Kier alpha value is -2.88. The topological polar surface area (TPSA) is 80.9 Å². The van der Waals surface area contributed by atoms with Gasteiger partial charge in [-0.3, -0.25) is 0 Å². The first-order valence-electron chi connectivity index (χ1n) is 6.81. The molecule has 4 heteroatoms. The number of phenols is 4. The highest BCUT2D eigenvalue weighted by Crippen LogP contribution is 2.42. The van der Waals surface area contributed by atoms with Crippen LogP contribution in [0.1, 0.15) is 11.1 Å². The lowest BCUT2D eigenvalue weighted by atomic mass is 9.91. The van der Waals surface area contributed by atoms with E-state index in [-0.39, 0.29) is 23.0 Å². The zero-order chi connectivity index (χ0) is 16.3. The summed E-state index contributed by atoms with van der Waals surface area (Å²) in [5.74, 6) is -0.855. The molecule has 0 radical (unpaired) electrons. The van der Waals surface area contributed by atoms with E-state index in [1.165, 1.54) is 12.1 Å². The monoisotopic (exact) mass is 298 g/mol. The van der Waals surface area contributed by atoms with Crippen molar-refractivity contribution in [3.8, 4) is 34.1 Å². The second-order valence-electron chi connectivity index (χ2n) is 4.90. The molecule has 0 atom stereocenters. The van der Waals surface area contributed by atoms with Crippen molar-refractivity contribution in [3.63, 3.8) is 0 Å². The first-order chi connectivity index (χ1) is 10.5. The number of rotatable bonds is 5. The summed E-state index contributed by atoms with van der Waals surface area (Å²) in [5.41, 5.74) is 2.32. The van der Waals surface area contributed by atoms with Crippen LogP contribution in [0.15, 0.2) is 49.6 Å². The van der Waals surface area contributed by atoms with Gasteiger partial charge in [-0.15, -0.1) is 13.2 Å². The molecule has 0 unspecified atom stereocenters. The Balaban J connectivity index is 2.76. The molecule has 114 valence electrons. The third-order valence-corrected chi connectivity index (χ3v) is 3.51. The van der Waals surface area contributed by atoms with Crippen molar-refractivity contribution in [1.29, 1.82) is 0 Å². The van der Waals surface area contributed by atoms with Crippen molar-refractivity contribution in [2.75, 3.05) is 0 Å². The zero-order valence-corrected chi connectivity index (χ0v) is 12.1. The van der Waals surface area contributed by atoms with Crippen LogP contribution in [-0.2, 0) is 12.8 Å². The molecule has 22 heavy (non-hydrogen) atoms. The quantitative estimate of drug-likeness (QED) is 0.502. The summed E-state index contributed by atoms with van der Waals surface area (Å²) in [6.45, 7) is 7.31. The molecule has 0 aromatic heterocycles. The summed E-state index contributed by atoms with van der Waals surface area (Å²) in [6.07, 6.45) is 3.94. The number of aromatic hydroxyl groups is 4. The lowest BCUT2D eigenvalue weighted by molar-refractivity contribution is 0.399. The number of hydrogen-bond acceptors (Lipinski definition) is 4. The Morgan fingerprint density at radius 1 is 0.682 bits per heavy atom. The Morgan fingerprint density at radius 3 is 1.36 bits per heavy atom. The van der Waals surface area contributed by atoms with Gasteiger partial charge in [0.25, 0.3) is 0 Å². The summed E-state index contributed by atoms with van der Waals surface area (Å²) < 4.78 is 0. The molecule has 0 saturated carbocycles. The van der Waals surface area contributed by atoms with Crippen molar-refractivity contribution < 1.29 is 20.4 Å². The molecular formula is C18H18O4. The molecule has 0 spiro atoms. The molecule has 0 fully saturated rings. The Labute approximate surface area is 128 Å². The number of allylic oxidation sites excluding steroid dienone is 2. The fraction of sp³-hybridized carbons (Fsp3) is 0.111. The predicted molar refractivity (Wildman–Crippen MR) is 86.3 cm³/mol. The average Bonchev–Trinajstić information content (AvgIpc) is 2.50. The predicted octanol–water partition coefficient (Wildman–Crippen LogP) is 3.63. The SMILES string of the molecule is C=CCc1c(-c2ccc(O)c(O)c2CC=C)ccc(O)c1O. The zero-order valence-electron chi connectivity index (χ0n) is 12.1. The molecule has 0 saturated heterocycles. The summed E-state index contributed by atoms with van der Waals surface area (Å²) in [5, 5.41) is 39.5. The lowest BCUT2D eigenvalue weighted by Gasteiger charge is -2.16. The van der Waals surface area contributed by atoms with Crippen LogP contribution in [-0.4, -0.2) is 20.4 Å². The van der Waals surface area contributed by atoms with Crippen molar-refractivity contribution >= 4 is 0 Å². The molecule has 0 aliphatic carbocycles. The minimum absolute atomic E-state index is 0.213. The normalized spacial score (nSPS) is 10.4. The van der Waals surface area contributed by atoms with Gasteiger partial charge in [0, 0.05) is 11.1 Å². The van der Waals surface area contributed by atoms with E-state index in [2.05, 4.69) is 13.2 Å². The molecule has 0 bridgehead atoms. The third-order valence-electron chi connectivity index (χ3n) is 3.51. The largest absolute Gasteiger partial charge is 0.504 e. The van der Waals surface area contributed by atoms with Crippen molar-refractivity contribution in [1.82, 2.24) is 0 Å². The van der Waals surface area contributed by atoms with Gasteiger partial charge in [0.2, 0.25) is 0 Å². The highest BCUT2D eigenvalue weighted by atomic mass is 16.3. The smallest absolute Gasteiger partial charge is 0.161 e. The summed E-state index contributed by atoms with van der Waals surface area (Å²) >= 11 is 0. The van der Waals surface area contributed by atoms with E-state index in [0.29, 0.717) is 35.1 Å². The molecule has 2 aromatic carbocycles. The van der Waals surface area contributed by atoms with Crippen molar-refractivity contribution in [2.24, 2.45) is 0 Å². The van der Waals surface area contributed by atoms with Crippen LogP contribution in [0.4, 0.5) is 0 Å². The Morgan fingerprint density at radius 2 is 1.05 bits per heavy atom. The van der Waals surface area contributed by atoms with Gasteiger partial charge in [-0.1, -0.05) is 24.3 Å². The fourth-order valence-electron chi connectivity index (χ4n) is 2.45. The number of benzene rings is 2. The van der Waals surface area contributed by atoms with Gasteiger partial charge in [-0.25, -0.2) is 0 Å². The highest BCUT2D eigenvalue weighted by Gasteiger charge is 2.18. The molecule has 0 aliphatic heterocycles. The maximum absolute atomic E-state index is 10.1. The second kappa shape index (κ2) is 6.26. The number of phenolic OH excluding ortho intramolecular Hbond substituents is 4. The second-order valence-corrected chi connectivity index (χ2v) is 4.90. The van der Waals surface area contributed by atoms with Crippen molar-refractivity contribution in [3.05, 3.63) is 60.7 Å². The van der Waals surface area contributed by atoms with Gasteiger partial charge in [-0.05, 0) is 36.1 Å². The van der Waals surface area contributed by atoms with E-state index in [0.717, 1.165) is 0 Å². The minimum Gasteiger partial charge on any atom is -0.504 e. The maximum atomic E-state index is 10.1. The molecule has 4 N–H and O–H groups in total. The molecule has 2 aromatic rings. The molecule has 2 rings (SSSR count). The van der Waals surface area contributed by atoms with Gasteiger partial charge in [0.05, 0.1) is 0 Å². The summed E-state index contributed by atoms with van der Waals surface area (Å²) in [7, 11) is 0. The lowest BCUT2D eigenvalue weighted by Crippen LogP contribution is -1.95. The van der Waals surface area contributed by atoms with E-state index in [1.807, 2.05) is 0 Å². The standard InChI is InChI=1S/C18H18O4/c1-3-5-13-11(7-9-15(19)17(13)21)12-8-10-16(20)18(22)14(12)6-4-2/h3-4,7-10,19-22H,1-2,5-6H2. The molecular weight excluding hydrogens is 280 g/mol. The average molecular weight is 298 g/mol. The maximum Gasteiger partial charge on any atom is 0.161 e. The highest BCUT2D eigenvalue weighted by molar-refractivity contribution is 5.78. The van der Waals surface area contributed by atoms with Crippen LogP contribution in [0.25, 0.3) is 11.1 Å². The van der Waals surface area contributed by atoms with E-state index in [4.69, 9.17) is 0 Å². The minimum atomic E-state index is -0.214. The van der Waals surface area contributed by atoms with E-state index in [1.54, 1.807) is 24.3 Å². The van der Waals surface area contributed by atoms with Crippen LogP contribution >= 0.6 is 0 Å². The van der Waals surface area contributed by atoms with Gasteiger partial charge in [0.15, 0.2) is 23.0 Å². The van der Waals surface area contributed by atoms with Crippen molar-refractivity contribution in [2.45, 2.75) is 12.8 Å². The summed E-state index contributed by atoms with van der Waals surface area (Å²) in [4.78, 5) is 0. The molecule has 0 aliphatic rings. The van der Waals surface area contributed by atoms with Crippen LogP contribution in [0.3, 0.4) is 0 Å². The van der Waals surface area contributed by atoms with Crippen LogP contribution in [0, 0.1) is 0 Å².